The molecule has 1 aromatic carbocycles. The summed E-state index contributed by atoms with van der Waals surface area (Å²) in [6, 6.07) is 3.18. The molecule has 320 valence electrons. The lowest BCUT2D eigenvalue weighted by molar-refractivity contribution is -0.143. The van der Waals surface area contributed by atoms with Gasteiger partial charge in [0.2, 0.25) is 35.3 Å². The van der Waals surface area contributed by atoms with Gasteiger partial charge in [-0.1, -0.05) is 63.4 Å². The zero-order chi connectivity index (χ0) is 42.9. The summed E-state index contributed by atoms with van der Waals surface area (Å²) in [7, 11) is 4.91. The molecule has 1 saturated heterocycles. The van der Waals surface area contributed by atoms with E-state index in [2.05, 4.69) is 21.3 Å². The number of Topliss-reactive ketones (excluding diaryl/α,β-unsaturated/α-hetero) is 1. The fraction of sp³-hybridized carbons (Fsp3) is 0.667. The predicted molar refractivity (Wildman–Crippen MR) is 211 cm³/mol. The molecule has 0 bridgehead atoms. The molecular weight excluding hydrogens is 768 g/mol. The van der Waals surface area contributed by atoms with Crippen LogP contribution in [0.15, 0.2) is 30.3 Å². The molecule has 3 rings (SSSR count). The van der Waals surface area contributed by atoms with Gasteiger partial charge < -0.3 is 35.8 Å². The number of benzene rings is 1. The maximum Gasteiger partial charge on any atom is 0.407 e. The van der Waals surface area contributed by atoms with Gasteiger partial charge in [0.1, 0.15) is 24.0 Å². The Hall–Kier alpha value is -4.27. The fourth-order valence-corrected chi connectivity index (χ4v) is 7.26. The Morgan fingerprint density at radius 2 is 1.60 bits per heavy atom. The summed E-state index contributed by atoms with van der Waals surface area (Å²) >= 11 is 0. The number of carbonyl (C=O) groups excluding carboxylic acids is 7. The Morgan fingerprint density at radius 1 is 0.965 bits per heavy atom. The van der Waals surface area contributed by atoms with Crippen LogP contribution in [-0.2, 0) is 33.5 Å². The highest BCUT2D eigenvalue weighted by Gasteiger charge is 2.46. The number of alkyl carbamates (subject to hydrolysis) is 1. The second-order valence-electron chi connectivity index (χ2n) is 14.5. The minimum absolute atomic E-state index is 0.0355. The van der Waals surface area contributed by atoms with Gasteiger partial charge in [-0.15, -0.1) is 9.24 Å². The standard InChI is InChI=1S/C37H54F3N6O8P.C2H6/c1-5-54-36(53)44-30(24-14-10-7-11-15-24)35(52)46-21-22(19-37(2,39)40)18-26(46)32(49)42-25(16-17-27(38)55)31(48)33(50)41-20-28(47)43-29(34(51)45(3)4)23-12-8-6-9-13-23;1-2/h6,8-9,12-13,22,24-27,29-30H,5,7,10-11,14-21,55H2,1-4H3,(H,41,50)(H,42,49)(H,43,47)(H,44,53);1-2H3/t22-,25?,26?,27?,29?,30?;/m0./s1. The Kier molecular flexibility index (Phi) is 20.4. The number of ether oxygens (including phenoxy) is 1. The van der Waals surface area contributed by atoms with E-state index in [9.17, 15) is 46.7 Å². The quantitative estimate of drug-likeness (QED) is 0.126. The third-order valence-corrected chi connectivity index (χ3v) is 10.0. The van der Waals surface area contributed by atoms with E-state index < -0.39 is 96.3 Å². The summed E-state index contributed by atoms with van der Waals surface area (Å²) in [5, 5.41) is 9.77. The molecule has 2 aliphatic rings. The predicted octanol–water partition coefficient (Wildman–Crippen LogP) is 4.04. The third kappa shape index (κ3) is 15.9. The van der Waals surface area contributed by atoms with Crippen LogP contribution in [0.3, 0.4) is 0 Å². The van der Waals surface area contributed by atoms with Crippen molar-refractivity contribution in [2.24, 2.45) is 11.8 Å². The molecule has 7 atom stereocenters. The summed E-state index contributed by atoms with van der Waals surface area (Å²) in [4.78, 5) is 95.2. The van der Waals surface area contributed by atoms with Gasteiger partial charge in [0.25, 0.3) is 5.91 Å². The molecule has 18 heteroatoms. The van der Waals surface area contributed by atoms with E-state index >= 15 is 0 Å². The van der Waals surface area contributed by atoms with Gasteiger partial charge in [-0.25, -0.2) is 18.0 Å². The van der Waals surface area contributed by atoms with E-state index in [1.165, 1.54) is 19.0 Å². The number of nitrogens with one attached hydrogen (secondary N) is 4. The molecule has 14 nitrogen and oxygen atoms in total. The summed E-state index contributed by atoms with van der Waals surface area (Å²) < 4.78 is 47.5. The topological polar surface area (TPSA) is 183 Å². The summed E-state index contributed by atoms with van der Waals surface area (Å²) in [6.45, 7) is 5.40. The first-order chi connectivity index (χ1) is 26.9. The number of nitrogens with zero attached hydrogens (tertiary/aromatic N) is 2. The van der Waals surface area contributed by atoms with Gasteiger partial charge >= 0.3 is 6.09 Å². The molecule has 6 amide bonds. The highest BCUT2D eigenvalue weighted by Crippen LogP contribution is 2.35. The largest absolute Gasteiger partial charge is 0.450 e. The van der Waals surface area contributed by atoms with Gasteiger partial charge in [0, 0.05) is 27.1 Å². The second-order valence-corrected chi connectivity index (χ2v) is 15.2. The third-order valence-electron chi connectivity index (χ3n) is 9.68. The summed E-state index contributed by atoms with van der Waals surface area (Å²) in [6.07, 6.45) is 1.42. The molecule has 57 heavy (non-hydrogen) atoms. The molecule has 4 N–H and O–H groups in total. The second kappa shape index (κ2) is 23.8. The van der Waals surface area contributed by atoms with E-state index in [1.807, 2.05) is 23.1 Å². The minimum Gasteiger partial charge on any atom is -0.450 e. The number of carbonyl (C=O) groups is 7. The number of ketones is 1. The Balaban J connectivity index is 0.00000551. The Morgan fingerprint density at radius 3 is 2.16 bits per heavy atom. The van der Waals surface area contributed by atoms with Crippen LogP contribution in [0.1, 0.15) is 97.1 Å². The maximum absolute atomic E-state index is 14.2. The Labute approximate surface area is 335 Å². The Bertz CT molecular complexity index is 1510. The van der Waals surface area contributed by atoms with Crippen molar-refractivity contribution < 1.29 is 51.5 Å². The van der Waals surface area contributed by atoms with E-state index in [0.717, 1.165) is 31.1 Å². The molecule has 6 unspecified atom stereocenters. The summed E-state index contributed by atoms with van der Waals surface area (Å²) in [5.41, 5.74) is 0.476. The number of likely N-dealkylation sites (N-methyl/N-ethyl adjacent to an activating group) is 1. The van der Waals surface area contributed by atoms with Crippen molar-refractivity contribution in [2.45, 2.75) is 121 Å². The van der Waals surface area contributed by atoms with Crippen molar-refractivity contribution in [3.63, 3.8) is 0 Å². The molecule has 0 radical (unpaired) electrons. The normalized spacial score (nSPS) is 19.0. The number of hydrogen-bond acceptors (Lipinski definition) is 8. The highest BCUT2D eigenvalue weighted by molar-refractivity contribution is 7.17. The van der Waals surface area contributed by atoms with Gasteiger partial charge in [-0.2, -0.15) is 0 Å². The average Bonchev–Trinajstić information content (AvgIpc) is 3.59. The lowest BCUT2D eigenvalue weighted by atomic mass is 9.83. The lowest BCUT2D eigenvalue weighted by Crippen LogP contribution is -2.58. The molecule has 1 heterocycles. The van der Waals surface area contributed by atoms with E-state index in [0.29, 0.717) is 18.4 Å². The first kappa shape index (κ1) is 48.9. The minimum atomic E-state index is -3.13. The molecule has 1 aliphatic carbocycles. The number of hydrogen-bond donors (Lipinski definition) is 4. The van der Waals surface area contributed by atoms with Crippen molar-refractivity contribution in [1.82, 2.24) is 31.1 Å². The van der Waals surface area contributed by atoms with Crippen LogP contribution in [0, 0.1) is 11.8 Å². The molecule has 1 aromatic rings. The fourth-order valence-electron chi connectivity index (χ4n) is 7.07. The van der Waals surface area contributed by atoms with Gasteiger partial charge in [0.15, 0.2) is 0 Å². The number of rotatable bonds is 18. The number of alkyl halides is 3. The van der Waals surface area contributed by atoms with Crippen molar-refractivity contribution in [1.29, 1.82) is 0 Å². The van der Waals surface area contributed by atoms with Crippen molar-refractivity contribution in [3.05, 3.63) is 35.9 Å². The van der Waals surface area contributed by atoms with Crippen LogP contribution in [0.4, 0.5) is 18.0 Å². The lowest BCUT2D eigenvalue weighted by Gasteiger charge is -2.34. The number of amides is 6. The number of likely N-dealkylation sites (tertiary alicyclic amines) is 1. The van der Waals surface area contributed by atoms with E-state index in [4.69, 9.17) is 4.74 Å². The monoisotopic (exact) mass is 828 g/mol. The molecule has 2 fully saturated rings. The number of halogens is 3. The first-order valence-corrected chi connectivity index (χ1v) is 20.3. The zero-order valence-electron chi connectivity index (χ0n) is 33.8. The maximum atomic E-state index is 14.2. The van der Waals surface area contributed by atoms with Crippen molar-refractivity contribution in [3.8, 4) is 0 Å². The zero-order valence-corrected chi connectivity index (χ0v) is 34.9. The van der Waals surface area contributed by atoms with Crippen LogP contribution < -0.4 is 21.3 Å². The summed E-state index contributed by atoms with van der Waals surface area (Å²) in [5.74, 6) is -11.1. The van der Waals surface area contributed by atoms with Crippen LogP contribution in [0.2, 0.25) is 0 Å². The van der Waals surface area contributed by atoms with Crippen LogP contribution in [0.25, 0.3) is 0 Å². The molecule has 0 spiro atoms. The van der Waals surface area contributed by atoms with Crippen molar-refractivity contribution in [2.75, 3.05) is 33.8 Å². The molecular formula is C39H60F3N6O8P. The molecule has 1 aliphatic heterocycles. The van der Waals surface area contributed by atoms with Crippen LogP contribution in [0.5, 0.6) is 0 Å². The average molecular weight is 829 g/mol. The van der Waals surface area contributed by atoms with Crippen LogP contribution >= 0.6 is 9.24 Å². The SMILES string of the molecule is CC.CCOC(=O)NC(C(=O)N1C[C@H](CC(C)(F)F)CC1C(=O)NC(CCC(F)P)C(=O)C(=O)NCC(=O)NC(C(=O)N(C)C)c1ccccc1)C1CCCCC1. The molecule has 0 aromatic heterocycles. The van der Waals surface area contributed by atoms with E-state index in [-0.39, 0.29) is 38.3 Å². The van der Waals surface area contributed by atoms with Gasteiger partial charge in [0.05, 0.1) is 19.2 Å². The van der Waals surface area contributed by atoms with Gasteiger partial charge in [-0.05, 0) is 63.4 Å². The highest BCUT2D eigenvalue weighted by atomic mass is 31.0. The first-order valence-electron chi connectivity index (χ1n) is 19.6. The van der Waals surface area contributed by atoms with E-state index in [1.54, 1.807) is 37.3 Å². The van der Waals surface area contributed by atoms with Crippen molar-refractivity contribution >= 4 is 50.7 Å². The molecule has 1 saturated carbocycles. The van der Waals surface area contributed by atoms with Gasteiger partial charge in [-0.3, -0.25) is 28.8 Å². The smallest absolute Gasteiger partial charge is 0.407 e. The van der Waals surface area contributed by atoms with Crippen LogP contribution in [-0.4, -0.2) is 115 Å².